The lowest BCUT2D eigenvalue weighted by molar-refractivity contribution is 0.590. The molecule has 2 aliphatic heterocycles. The number of nitrogens with zero attached hydrogens (tertiary/aromatic N) is 2. The summed E-state index contributed by atoms with van der Waals surface area (Å²) in [5, 5.41) is 4.34. The van der Waals surface area contributed by atoms with Gasteiger partial charge in [0.2, 0.25) is 0 Å². The van der Waals surface area contributed by atoms with Gasteiger partial charge in [0, 0.05) is 56.8 Å². The Bertz CT molecular complexity index is 2920. The molecular formula is C60H60N2O2. The average molecular weight is 841 g/mol. The molecule has 8 aromatic rings. The van der Waals surface area contributed by atoms with E-state index in [1.54, 1.807) is 0 Å². The molecule has 4 heteroatoms. The minimum absolute atomic E-state index is 0.0506. The Morgan fingerprint density at radius 3 is 0.797 bits per heavy atom. The van der Waals surface area contributed by atoms with Gasteiger partial charge in [-0.05, 0) is 127 Å². The number of rotatable bonds is 6. The fraction of sp³-hybridized carbons (Fsp3) is 0.267. The second kappa shape index (κ2) is 14.5. The summed E-state index contributed by atoms with van der Waals surface area (Å²) >= 11 is 0. The monoisotopic (exact) mass is 840 g/mol. The molecule has 64 heavy (non-hydrogen) atoms. The SMILES string of the molecule is CC(C)(C)c1ccc(N(c2ccc(C(C)(C)C)cc2)c2cc3ccc4oc5cc(N(c6ccc(C(C)(C)C)cc6)c6ccc(C(C)(C)C)cc6)cc6ccc7oc(c2)c3c4-c7c65)cc1. The Hall–Kier alpha value is -6.52. The van der Waals surface area contributed by atoms with E-state index in [1.807, 2.05) is 0 Å². The molecule has 10 rings (SSSR count). The topological polar surface area (TPSA) is 32.8 Å². The Labute approximate surface area is 378 Å². The summed E-state index contributed by atoms with van der Waals surface area (Å²) in [4.78, 5) is 4.70. The summed E-state index contributed by atoms with van der Waals surface area (Å²) in [6, 6.07) is 53.7. The third kappa shape index (κ3) is 7.18. The molecule has 2 aliphatic rings. The van der Waals surface area contributed by atoms with Crippen LogP contribution in [0.5, 0.6) is 0 Å². The number of anilines is 6. The van der Waals surface area contributed by atoms with Gasteiger partial charge in [-0.15, -0.1) is 0 Å². The van der Waals surface area contributed by atoms with Gasteiger partial charge < -0.3 is 18.6 Å². The van der Waals surface area contributed by atoms with E-state index in [1.165, 1.54) is 22.3 Å². The molecule has 0 fully saturated rings. The average Bonchev–Trinajstić information content (AvgIpc) is 3.24. The minimum atomic E-state index is 0.0506. The van der Waals surface area contributed by atoms with Crippen LogP contribution in [-0.4, -0.2) is 0 Å². The smallest absolute Gasteiger partial charge is 0.138 e. The summed E-state index contributed by atoms with van der Waals surface area (Å²) < 4.78 is 14.1. The first-order valence-electron chi connectivity index (χ1n) is 22.8. The van der Waals surface area contributed by atoms with Crippen LogP contribution in [0.15, 0.2) is 154 Å². The lowest BCUT2D eigenvalue weighted by atomic mass is 9.86. The first-order chi connectivity index (χ1) is 30.2. The number of hydrogen-bond acceptors (Lipinski definition) is 4. The molecule has 322 valence electrons. The van der Waals surface area contributed by atoms with Crippen LogP contribution in [0.25, 0.3) is 55.0 Å². The van der Waals surface area contributed by atoms with Crippen LogP contribution in [0.1, 0.15) is 105 Å². The first-order valence-corrected chi connectivity index (χ1v) is 22.8. The molecule has 0 radical (unpaired) electrons. The van der Waals surface area contributed by atoms with Crippen LogP contribution in [-0.2, 0) is 21.7 Å². The maximum Gasteiger partial charge on any atom is 0.138 e. The maximum atomic E-state index is 7.03. The van der Waals surface area contributed by atoms with E-state index in [0.717, 1.165) is 89.1 Å². The lowest BCUT2D eigenvalue weighted by Gasteiger charge is -2.29. The predicted octanol–water partition coefficient (Wildman–Crippen LogP) is 18.2. The third-order valence-corrected chi connectivity index (χ3v) is 13.2. The Morgan fingerprint density at radius 1 is 0.281 bits per heavy atom. The van der Waals surface area contributed by atoms with Gasteiger partial charge in [-0.3, -0.25) is 0 Å². The third-order valence-electron chi connectivity index (χ3n) is 13.2. The van der Waals surface area contributed by atoms with Crippen molar-refractivity contribution in [1.82, 2.24) is 0 Å². The number of hydrogen-bond donors (Lipinski definition) is 0. The zero-order chi connectivity index (χ0) is 45.1. The second-order valence-corrected chi connectivity index (χ2v) is 22.0. The van der Waals surface area contributed by atoms with Crippen LogP contribution < -0.4 is 9.80 Å². The number of benzene rings is 8. The zero-order valence-electron chi connectivity index (χ0n) is 39.6. The molecule has 0 spiro atoms. The van der Waals surface area contributed by atoms with Gasteiger partial charge >= 0.3 is 0 Å². The maximum absolute atomic E-state index is 7.03. The van der Waals surface area contributed by atoms with Gasteiger partial charge in [-0.25, -0.2) is 0 Å². The van der Waals surface area contributed by atoms with Gasteiger partial charge in [0.15, 0.2) is 0 Å². The van der Waals surface area contributed by atoms with Gasteiger partial charge in [0.25, 0.3) is 0 Å². The molecule has 0 N–H and O–H groups in total. The summed E-state index contributed by atoms with van der Waals surface area (Å²) in [6.07, 6.45) is 0. The van der Waals surface area contributed by atoms with Crippen LogP contribution in [0.4, 0.5) is 34.1 Å². The van der Waals surface area contributed by atoms with Crippen molar-refractivity contribution in [3.63, 3.8) is 0 Å². The van der Waals surface area contributed by atoms with Gasteiger partial charge in [0.05, 0.1) is 11.4 Å². The largest absolute Gasteiger partial charge is 0.456 e. The summed E-state index contributed by atoms with van der Waals surface area (Å²) in [6.45, 7) is 27.1. The molecule has 0 amide bonds. The van der Waals surface area contributed by atoms with Crippen molar-refractivity contribution >= 4 is 78.0 Å². The van der Waals surface area contributed by atoms with Crippen LogP contribution in [0.2, 0.25) is 0 Å². The van der Waals surface area contributed by atoms with E-state index in [2.05, 4.69) is 238 Å². The van der Waals surface area contributed by atoms with E-state index in [-0.39, 0.29) is 21.7 Å². The summed E-state index contributed by atoms with van der Waals surface area (Å²) in [7, 11) is 0. The highest BCUT2D eigenvalue weighted by Gasteiger charge is 2.28. The quantitative estimate of drug-likeness (QED) is 0.123. The fourth-order valence-electron chi connectivity index (χ4n) is 9.44. The lowest BCUT2D eigenvalue weighted by Crippen LogP contribution is -2.14. The van der Waals surface area contributed by atoms with Crippen molar-refractivity contribution in [2.75, 3.05) is 9.80 Å². The Morgan fingerprint density at radius 2 is 0.547 bits per heavy atom. The standard InChI is InChI=1S/C60H60N2O2/c1-57(2,3)39-15-23-43(24-16-39)61(44-25-17-40(18-26-44)58(4,5)6)47-33-37-13-31-50-55-53(37)51(35-47)63-49-32-14-38-34-48(36-52(64-50)54(38)56(49)55)62(45-27-19-41(20-28-45)59(7,8)9)46-29-21-42(22-30-46)60(10,11)12/h13-36H,1-12H3. The van der Waals surface area contributed by atoms with Crippen molar-refractivity contribution in [3.8, 4) is 11.1 Å². The van der Waals surface area contributed by atoms with E-state index >= 15 is 0 Å². The molecule has 2 heterocycles. The van der Waals surface area contributed by atoms with E-state index in [0.29, 0.717) is 0 Å². The summed E-state index contributed by atoms with van der Waals surface area (Å²) in [5.41, 5.74) is 17.4. The van der Waals surface area contributed by atoms with Crippen molar-refractivity contribution in [3.05, 3.63) is 168 Å². The summed E-state index contributed by atoms with van der Waals surface area (Å²) in [5.74, 6) is 0. The molecule has 0 aliphatic carbocycles. The van der Waals surface area contributed by atoms with Crippen LogP contribution in [0.3, 0.4) is 0 Å². The minimum Gasteiger partial charge on any atom is -0.456 e. The molecule has 0 saturated heterocycles. The van der Waals surface area contributed by atoms with Gasteiger partial charge in [-0.1, -0.05) is 144 Å². The highest BCUT2D eigenvalue weighted by molar-refractivity contribution is 6.24. The Kier molecular flexibility index (Phi) is 9.40. The molecule has 0 unspecified atom stereocenters. The normalized spacial score (nSPS) is 13.0. The van der Waals surface area contributed by atoms with Crippen molar-refractivity contribution in [2.24, 2.45) is 0 Å². The second-order valence-electron chi connectivity index (χ2n) is 22.0. The molecule has 0 bridgehead atoms. The molecular weight excluding hydrogens is 781 g/mol. The van der Waals surface area contributed by atoms with Crippen molar-refractivity contribution in [2.45, 2.75) is 105 Å². The molecule has 8 aromatic carbocycles. The van der Waals surface area contributed by atoms with E-state index in [9.17, 15) is 0 Å². The van der Waals surface area contributed by atoms with Crippen LogP contribution in [0, 0.1) is 0 Å². The predicted molar refractivity (Wildman–Crippen MR) is 273 cm³/mol. The molecule has 0 atom stereocenters. The highest BCUT2D eigenvalue weighted by atomic mass is 16.3. The van der Waals surface area contributed by atoms with Crippen molar-refractivity contribution < 1.29 is 8.83 Å². The van der Waals surface area contributed by atoms with Crippen LogP contribution >= 0.6 is 0 Å². The Balaban J connectivity index is 1.14. The fourth-order valence-corrected chi connectivity index (χ4v) is 9.44. The van der Waals surface area contributed by atoms with E-state index < -0.39 is 0 Å². The van der Waals surface area contributed by atoms with Gasteiger partial charge in [-0.2, -0.15) is 0 Å². The van der Waals surface area contributed by atoms with Crippen molar-refractivity contribution in [1.29, 1.82) is 0 Å². The highest BCUT2D eigenvalue weighted by Crippen LogP contribution is 2.51. The van der Waals surface area contributed by atoms with Gasteiger partial charge in [0.1, 0.15) is 22.3 Å². The zero-order valence-corrected chi connectivity index (χ0v) is 39.6. The molecule has 0 saturated carbocycles. The molecule has 0 aromatic heterocycles. The van der Waals surface area contributed by atoms with E-state index in [4.69, 9.17) is 8.83 Å². The molecule has 4 nitrogen and oxygen atoms in total. The first kappa shape index (κ1) is 41.5.